The van der Waals surface area contributed by atoms with Crippen LogP contribution in [0.15, 0.2) is 18.2 Å². The molecule has 0 atom stereocenters. The molecule has 0 aliphatic rings. The highest BCUT2D eigenvalue weighted by Crippen LogP contribution is 2.02. The van der Waals surface area contributed by atoms with E-state index in [9.17, 15) is 0 Å². The van der Waals surface area contributed by atoms with Crippen molar-refractivity contribution in [2.75, 3.05) is 19.6 Å². The van der Waals surface area contributed by atoms with Crippen molar-refractivity contribution >= 4 is 0 Å². The number of aryl methyl sites for hydroxylation is 1. The molecule has 0 radical (unpaired) electrons. The van der Waals surface area contributed by atoms with Crippen LogP contribution in [0.2, 0.25) is 0 Å². The minimum Gasteiger partial charge on any atom is -0.329 e. The summed E-state index contributed by atoms with van der Waals surface area (Å²) in [6.07, 6.45) is 0. The minimum atomic E-state index is 0.708. The van der Waals surface area contributed by atoms with Crippen molar-refractivity contribution in [1.82, 2.24) is 9.88 Å². The molecule has 0 unspecified atom stereocenters. The van der Waals surface area contributed by atoms with Crippen LogP contribution in [0.5, 0.6) is 0 Å². The van der Waals surface area contributed by atoms with E-state index in [-0.39, 0.29) is 0 Å². The van der Waals surface area contributed by atoms with E-state index >= 15 is 0 Å². The molecule has 3 nitrogen and oxygen atoms in total. The van der Waals surface area contributed by atoms with Gasteiger partial charge in [-0.2, -0.15) is 0 Å². The molecule has 1 heterocycles. The van der Waals surface area contributed by atoms with Crippen LogP contribution in [0.1, 0.15) is 18.3 Å². The van der Waals surface area contributed by atoms with E-state index in [2.05, 4.69) is 22.9 Å². The molecule has 0 amide bonds. The van der Waals surface area contributed by atoms with Gasteiger partial charge in [0.1, 0.15) is 0 Å². The molecule has 78 valence electrons. The zero-order valence-electron chi connectivity index (χ0n) is 9.03. The summed E-state index contributed by atoms with van der Waals surface area (Å²) in [5.74, 6) is 0. The number of pyridine rings is 1. The lowest BCUT2D eigenvalue weighted by Gasteiger charge is -2.18. The van der Waals surface area contributed by atoms with E-state index in [4.69, 9.17) is 5.73 Å². The fourth-order valence-electron chi connectivity index (χ4n) is 1.45. The van der Waals surface area contributed by atoms with Gasteiger partial charge in [0.2, 0.25) is 0 Å². The highest BCUT2D eigenvalue weighted by atomic mass is 15.1. The molecule has 0 aliphatic carbocycles. The van der Waals surface area contributed by atoms with Crippen LogP contribution in [0.4, 0.5) is 0 Å². The lowest BCUT2D eigenvalue weighted by Crippen LogP contribution is -2.29. The zero-order chi connectivity index (χ0) is 10.4. The van der Waals surface area contributed by atoms with Gasteiger partial charge in [-0.15, -0.1) is 0 Å². The number of rotatable bonds is 5. The number of likely N-dealkylation sites (N-methyl/N-ethyl adjacent to an activating group) is 1. The van der Waals surface area contributed by atoms with E-state index in [1.807, 2.05) is 19.1 Å². The van der Waals surface area contributed by atoms with Crippen LogP contribution in [0, 0.1) is 6.92 Å². The second kappa shape index (κ2) is 5.73. The molecule has 0 saturated carbocycles. The number of hydrogen-bond donors (Lipinski definition) is 1. The Bertz CT molecular complexity index is 273. The Labute approximate surface area is 85.9 Å². The highest BCUT2D eigenvalue weighted by Gasteiger charge is 2.02. The zero-order valence-corrected chi connectivity index (χ0v) is 9.03. The monoisotopic (exact) mass is 193 g/mol. The van der Waals surface area contributed by atoms with Gasteiger partial charge in [0.25, 0.3) is 0 Å². The standard InChI is InChI=1S/C11H19N3/c1-3-14(8-7-12)9-11-6-4-5-10(2)13-11/h4-6H,3,7-9,12H2,1-2H3. The van der Waals surface area contributed by atoms with Crippen molar-refractivity contribution < 1.29 is 0 Å². The van der Waals surface area contributed by atoms with Crippen LogP contribution in [0.3, 0.4) is 0 Å². The fraction of sp³-hybridized carbons (Fsp3) is 0.545. The number of hydrogen-bond acceptors (Lipinski definition) is 3. The summed E-state index contributed by atoms with van der Waals surface area (Å²) in [5.41, 5.74) is 7.73. The smallest absolute Gasteiger partial charge is 0.0547 e. The second-order valence-electron chi connectivity index (χ2n) is 3.43. The quantitative estimate of drug-likeness (QED) is 0.763. The summed E-state index contributed by atoms with van der Waals surface area (Å²) in [7, 11) is 0. The number of nitrogens with zero attached hydrogens (tertiary/aromatic N) is 2. The van der Waals surface area contributed by atoms with Crippen LogP contribution >= 0.6 is 0 Å². The third kappa shape index (κ3) is 3.44. The first-order chi connectivity index (χ1) is 6.76. The molecule has 0 bridgehead atoms. The molecular formula is C11H19N3. The van der Waals surface area contributed by atoms with E-state index < -0.39 is 0 Å². The average molecular weight is 193 g/mol. The highest BCUT2D eigenvalue weighted by molar-refractivity contribution is 5.09. The van der Waals surface area contributed by atoms with Crippen LogP contribution in [0.25, 0.3) is 0 Å². The molecule has 1 aromatic rings. The van der Waals surface area contributed by atoms with E-state index in [1.165, 1.54) is 0 Å². The predicted molar refractivity (Wildman–Crippen MR) is 59.0 cm³/mol. The van der Waals surface area contributed by atoms with Gasteiger partial charge in [-0.25, -0.2) is 0 Å². The molecule has 0 saturated heterocycles. The molecule has 0 spiro atoms. The van der Waals surface area contributed by atoms with Crippen molar-refractivity contribution in [2.24, 2.45) is 5.73 Å². The first-order valence-corrected chi connectivity index (χ1v) is 5.11. The van der Waals surface area contributed by atoms with Gasteiger partial charge in [0, 0.05) is 25.3 Å². The molecule has 0 aromatic carbocycles. The summed E-state index contributed by atoms with van der Waals surface area (Å²) < 4.78 is 0. The van der Waals surface area contributed by atoms with Crippen LogP contribution in [-0.2, 0) is 6.54 Å². The Morgan fingerprint density at radius 2 is 2.21 bits per heavy atom. The number of aromatic nitrogens is 1. The largest absolute Gasteiger partial charge is 0.329 e. The molecule has 0 fully saturated rings. The maximum absolute atomic E-state index is 5.53. The van der Waals surface area contributed by atoms with Gasteiger partial charge in [0.15, 0.2) is 0 Å². The summed E-state index contributed by atoms with van der Waals surface area (Å²) >= 11 is 0. The second-order valence-corrected chi connectivity index (χ2v) is 3.43. The lowest BCUT2D eigenvalue weighted by atomic mass is 10.3. The summed E-state index contributed by atoms with van der Waals surface area (Å²) in [4.78, 5) is 6.75. The van der Waals surface area contributed by atoms with E-state index in [0.717, 1.165) is 31.0 Å². The molecule has 3 heteroatoms. The van der Waals surface area contributed by atoms with Gasteiger partial charge in [-0.3, -0.25) is 9.88 Å². The molecule has 1 rings (SSSR count). The summed E-state index contributed by atoms with van der Waals surface area (Å²) in [5, 5.41) is 0. The van der Waals surface area contributed by atoms with Gasteiger partial charge >= 0.3 is 0 Å². The number of nitrogens with two attached hydrogens (primary N) is 1. The van der Waals surface area contributed by atoms with Crippen molar-refractivity contribution in [3.8, 4) is 0 Å². The van der Waals surface area contributed by atoms with Crippen molar-refractivity contribution in [3.05, 3.63) is 29.6 Å². The minimum absolute atomic E-state index is 0.708. The SMILES string of the molecule is CCN(CCN)Cc1cccc(C)n1. The van der Waals surface area contributed by atoms with Gasteiger partial charge in [-0.1, -0.05) is 13.0 Å². The topological polar surface area (TPSA) is 42.1 Å². The maximum atomic E-state index is 5.53. The van der Waals surface area contributed by atoms with Gasteiger partial charge < -0.3 is 5.73 Å². The lowest BCUT2D eigenvalue weighted by molar-refractivity contribution is 0.284. The Kier molecular flexibility index (Phi) is 4.56. The molecule has 1 aromatic heterocycles. The average Bonchev–Trinajstić information content (AvgIpc) is 2.17. The van der Waals surface area contributed by atoms with Crippen LogP contribution in [-0.4, -0.2) is 29.5 Å². The van der Waals surface area contributed by atoms with Gasteiger partial charge in [0.05, 0.1) is 5.69 Å². The van der Waals surface area contributed by atoms with Crippen molar-refractivity contribution in [2.45, 2.75) is 20.4 Å². The van der Waals surface area contributed by atoms with Gasteiger partial charge in [-0.05, 0) is 25.6 Å². The van der Waals surface area contributed by atoms with Crippen molar-refractivity contribution in [1.29, 1.82) is 0 Å². The summed E-state index contributed by atoms with van der Waals surface area (Å²) in [6, 6.07) is 6.13. The Balaban J connectivity index is 2.57. The Hall–Kier alpha value is -0.930. The molecule has 14 heavy (non-hydrogen) atoms. The maximum Gasteiger partial charge on any atom is 0.0547 e. The summed E-state index contributed by atoms with van der Waals surface area (Å²) in [6.45, 7) is 7.72. The van der Waals surface area contributed by atoms with Crippen molar-refractivity contribution in [3.63, 3.8) is 0 Å². The van der Waals surface area contributed by atoms with Crippen LogP contribution < -0.4 is 5.73 Å². The van der Waals surface area contributed by atoms with E-state index in [1.54, 1.807) is 0 Å². The Morgan fingerprint density at radius 1 is 1.43 bits per heavy atom. The Morgan fingerprint density at radius 3 is 2.79 bits per heavy atom. The fourth-order valence-corrected chi connectivity index (χ4v) is 1.45. The third-order valence-electron chi connectivity index (χ3n) is 2.22. The normalized spacial score (nSPS) is 10.9. The first kappa shape index (κ1) is 11.1. The first-order valence-electron chi connectivity index (χ1n) is 5.11. The predicted octanol–water partition coefficient (Wildman–Crippen LogP) is 1.17. The molecular weight excluding hydrogens is 174 g/mol. The molecule has 2 N–H and O–H groups in total. The van der Waals surface area contributed by atoms with E-state index in [0.29, 0.717) is 6.54 Å². The third-order valence-corrected chi connectivity index (χ3v) is 2.22. The molecule has 0 aliphatic heterocycles.